The summed E-state index contributed by atoms with van der Waals surface area (Å²) >= 11 is 0. The third-order valence-electron chi connectivity index (χ3n) is 1.80. The Morgan fingerprint density at radius 2 is 2.19 bits per heavy atom. The molecule has 80 valence electrons. The molecule has 0 aromatic heterocycles. The second-order valence-electron chi connectivity index (χ2n) is 2.87. The molecule has 5 heteroatoms. The fraction of sp³-hybridized carbons (Fsp3) is 0. The van der Waals surface area contributed by atoms with Crippen LogP contribution in [0.4, 0.5) is 4.39 Å². The summed E-state index contributed by atoms with van der Waals surface area (Å²) in [5, 5.41) is 17.1. The van der Waals surface area contributed by atoms with Gasteiger partial charge >= 0.3 is 5.97 Å². The molecule has 0 unspecified atom stereocenters. The Kier molecular flexibility index (Phi) is 3.51. The molecule has 0 aliphatic carbocycles. The monoisotopic (exact) mass is 219 g/mol. The van der Waals surface area contributed by atoms with E-state index in [1.165, 1.54) is 6.07 Å². The van der Waals surface area contributed by atoms with Crippen molar-refractivity contribution in [1.29, 1.82) is 5.26 Å². The standard InChI is InChI=1S/C11H6FNO3/c12-10-4-7(6-14)3-8(5-13)9(10)1-2-11(15)16/h1-4,6H,(H,15,16)/b2-1+. The fourth-order valence-electron chi connectivity index (χ4n) is 1.12. The molecule has 0 atom stereocenters. The number of hydrogen-bond acceptors (Lipinski definition) is 3. The number of carbonyl (C=O) groups excluding carboxylic acids is 1. The predicted molar refractivity (Wildman–Crippen MR) is 53.2 cm³/mol. The summed E-state index contributed by atoms with van der Waals surface area (Å²) in [5.41, 5.74) is -0.198. The Balaban J connectivity index is 3.33. The van der Waals surface area contributed by atoms with E-state index in [0.29, 0.717) is 6.29 Å². The highest BCUT2D eigenvalue weighted by Crippen LogP contribution is 2.17. The Bertz CT molecular complexity index is 515. The number of rotatable bonds is 3. The Hall–Kier alpha value is -2.48. The van der Waals surface area contributed by atoms with Gasteiger partial charge in [-0.15, -0.1) is 0 Å². The fourth-order valence-corrected chi connectivity index (χ4v) is 1.12. The Morgan fingerprint density at radius 1 is 1.50 bits per heavy atom. The van der Waals surface area contributed by atoms with Gasteiger partial charge in [0.2, 0.25) is 0 Å². The number of carbonyl (C=O) groups is 2. The lowest BCUT2D eigenvalue weighted by Crippen LogP contribution is -1.94. The number of aliphatic carboxylic acids is 1. The smallest absolute Gasteiger partial charge is 0.328 e. The van der Waals surface area contributed by atoms with Crippen molar-refractivity contribution in [1.82, 2.24) is 0 Å². The number of halogens is 1. The van der Waals surface area contributed by atoms with E-state index in [2.05, 4.69) is 0 Å². The zero-order valence-corrected chi connectivity index (χ0v) is 7.98. The molecule has 0 bridgehead atoms. The van der Waals surface area contributed by atoms with Gasteiger partial charge in [0.15, 0.2) is 0 Å². The summed E-state index contributed by atoms with van der Waals surface area (Å²) in [4.78, 5) is 20.7. The maximum absolute atomic E-state index is 13.4. The van der Waals surface area contributed by atoms with Crippen LogP contribution in [0.15, 0.2) is 18.2 Å². The van der Waals surface area contributed by atoms with Crippen LogP contribution in [0.3, 0.4) is 0 Å². The highest BCUT2D eigenvalue weighted by Gasteiger charge is 2.08. The molecule has 1 aromatic rings. The summed E-state index contributed by atoms with van der Waals surface area (Å²) in [6, 6.07) is 3.82. The number of hydrogen-bond donors (Lipinski definition) is 1. The molecule has 1 N–H and O–H groups in total. The molecule has 0 fully saturated rings. The van der Waals surface area contributed by atoms with Crippen LogP contribution in [0.2, 0.25) is 0 Å². The maximum Gasteiger partial charge on any atom is 0.328 e. The summed E-state index contributed by atoms with van der Waals surface area (Å²) in [5.74, 6) is -2.05. The first-order valence-electron chi connectivity index (χ1n) is 4.18. The largest absolute Gasteiger partial charge is 0.478 e. The number of carboxylic acids is 1. The Labute approximate surface area is 90.2 Å². The van der Waals surface area contributed by atoms with Crippen molar-refractivity contribution in [2.75, 3.05) is 0 Å². The lowest BCUT2D eigenvalue weighted by molar-refractivity contribution is -0.131. The first-order valence-corrected chi connectivity index (χ1v) is 4.18. The van der Waals surface area contributed by atoms with Crippen LogP contribution in [-0.4, -0.2) is 17.4 Å². The summed E-state index contributed by atoms with van der Waals surface area (Å²) < 4.78 is 13.4. The van der Waals surface area contributed by atoms with Crippen LogP contribution in [0.5, 0.6) is 0 Å². The van der Waals surface area contributed by atoms with Gasteiger partial charge in [0.25, 0.3) is 0 Å². The van der Waals surface area contributed by atoms with E-state index in [0.717, 1.165) is 18.2 Å². The SMILES string of the molecule is N#Cc1cc(C=O)cc(F)c1/C=C/C(=O)O. The first kappa shape index (κ1) is 11.6. The summed E-state index contributed by atoms with van der Waals surface area (Å²) in [6.07, 6.45) is 2.11. The van der Waals surface area contributed by atoms with Crippen molar-refractivity contribution < 1.29 is 19.1 Å². The van der Waals surface area contributed by atoms with E-state index in [-0.39, 0.29) is 16.7 Å². The highest BCUT2D eigenvalue weighted by molar-refractivity contribution is 5.86. The van der Waals surface area contributed by atoms with Gasteiger partial charge in [-0.05, 0) is 18.2 Å². The molecule has 16 heavy (non-hydrogen) atoms. The van der Waals surface area contributed by atoms with E-state index < -0.39 is 11.8 Å². The molecule has 0 radical (unpaired) electrons. The van der Waals surface area contributed by atoms with E-state index in [1.54, 1.807) is 6.07 Å². The Morgan fingerprint density at radius 3 is 2.69 bits per heavy atom. The molecule has 1 rings (SSSR count). The van der Waals surface area contributed by atoms with Crippen LogP contribution in [-0.2, 0) is 4.79 Å². The van der Waals surface area contributed by atoms with Crippen molar-refractivity contribution in [3.05, 3.63) is 40.7 Å². The summed E-state index contributed by atoms with van der Waals surface area (Å²) in [6.45, 7) is 0. The van der Waals surface area contributed by atoms with Crippen molar-refractivity contribution in [3.63, 3.8) is 0 Å². The number of nitriles is 1. The van der Waals surface area contributed by atoms with E-state index >= 15 is 0 Å². The van der Waals surface area contributed by atoms with Gasteiger partial charge < -0.3 is 5.11 Å². The maximum atomic E-state index is 13.4. The first-order chi connectivity index (χ1) is 7.58. The molecule has 0 spiro atoms. The van der Waals surface area contributed by atoms with Crippen LogP contribution in [0.25, 0.3) is 6.08 Å². The molecule has 0 aliphatic rings. The van der Waals surface area contributed by atoms with E-state index in [4.69, 9.17) is 10.4 Å². The molecule has 0 saturated carbocycles. The minimum absolute atomic E-state index is 0.0292. The molecule has 0 aliphatic heterocycles. The minimum atomic E-state index is -1.25. The molecule has 4 nitrogen and oxygen atoms in total. The highest BCUT2D eigenvalue weighted by atomic mass is 19.1. The molecule has 1 aromatic carbocycles. The minimum Gasteiger partial charge on any atom is -0.478 e. The lowest BCUT2D eigenvalue weighted by atomic mass is 10.0. The van der Waals surface area contributed by atoms with Crippen LogP contribution in [0, 0.1) is 17.1 Å². The zero-order valence-electron chi connectivity index (χ0n) is 7.98. The predicted octanol–water partition coefficient (Wildman–Crippen LogP) is 1.61. The number of nitrogens with zero attached hydrogens (tertiary/aromatic N) is 1. The van der Waals surface area contributed by atoms with Gasteiger partial charge in [-0.25, -0.2) is 9.18 Å². The molecule has 0 amide bonds. The van der Waals surface area contributed by atoms with E-state index in [9.17, 15) is 14.0 Å². The molecular formula is C11H6FNO3. The van der Waals surface area contributed by atoms with Gasteiger partial charge in [-0.2, -0.15) is 5.26 Å². The number of carboxylic acid groups (broad SMARTS) is 1. The summed E-state index contributed by atoms with van der Waals surface area (Å²) in [7, 11) is 0. The van der Waals surface area contributed by atoms with Gasteiger partial charge in [-0.1, -0.05) is 0 Å². The third-order valence-corrected chi connectivity index (χ3v) is 1.80. The van der Waals surface area contributed by atoms with Crippen LogP contribution < -0.4 is 0 Å². The number of aldehydes is 1. The lowest BCUT2D eigenvalue weighted by Gasteiger charge is -2.00. The quantitative estimate of drug-likeness (QED) is 0.618. The number of benzene rings is 1. The van der Waals surface area contributed by atoms with Gasteiger partial charge in [0, 0.05) is 17.2 Å². The second kappa shape index (κ2) is 4.84. The molecule has 0 saturated heterocycles. The van der Waals surface area contributed by atoms with E-state index in [1.807, 2.05) is 0 Å². The van der Waals surface area contributed by atoms with Crippen LogP contribution >= 0.6 is 0 Å². The topological polar surface area (TPSA) is 78.2 Å². The third kappa shape index (κ3) is 2.51. The molecular weight excluding hydrogens is 213 g/mol. The van der Waals surface area contributed by atoms with Crippen molar-refractivity contribution in [2.24, 2.45) is 0 Å². The van der Waals surface area contributed by atoms with Crippen molar-refractivity contribution in [3.8, 4) is 6.07 Å². The second-order valence-corrected chi connectivity index (χ2v) is 2.87. The average molecular weight is 219 g/mol. The van der Waals surface area contributed by atoms with Crippen molar-refractivity contribution >= 4 is 18.3 Å². The van der Waals surface area contributed by atoms with Gasteiger partial charge in [-0.3, -0.25) is 4.79 Å². The van der Waals surface area contributed by atoms with Gasteiger partial charge in [0.05, 0.1) is 11.6 Å². The zero-order chi connectivity index (χ0) is 12.1. The normalized spacial score (nSPS) is 10.0. The van der Waals surface area contributed by atoms with Gasteiger partial charge in [0.1, 0.15) is 12.1 Å². The van der Waals surface area contributed by atoms with Crippen LogP contribution in [0.1, 0.15) is 21.5 Å². The molecule has 0 heterocycles. The average Bonchev–Trinajstić information content (AvgIpc) is 2.26. The van der Waals surface area contributed by atoms with Crippen molar-refractivity contribution in [2.45, 2.75) is 0 Å².